The molecule has 0 N–H and O–H groups in total. The molecule has 122 valence electrons. The van der Waals surface area contributed by atoms with E-state index in [9.17, 15) is 13.2 Å². The van der Waals surface area contributed by atoms with Crippen molar-refractivity contribution in [1.29, 1.82) is 0 Å². The van der Waals surface area contributed by atoms with E-state index in [-0.39, 0.29) is 0 Å². The minimum Gasteiger partial charge on any atom is -0.369 e. The van der Waals surface area contributed by atoms with Crippen molar-refractivity contribution in [1.82, 2.24) is 9.88 Å². The zero-order chi connectivity index (χ0) is 16.3. The van der Waals surface area contributed by atoms with Crippen molar-refractivity contribution >= 4 is 5.69 Å². The number of alkyl halides is 3. The van der Waals surface area contributed by atoms with Crippen molar-refractivity contribution in [3.63, 3.8) is 0 Å². The molecule has 1 fully saturated rings. The minimum atomic E-state index is -4.40. The SMILES string of the molecule is FC(F)(F)c1cc(N2CCN(Cc3ccccc3)CC2)ccn1. The van der Waals surface area contributed by atoms with Crippen LogP contribution in [-0.2, 0) is 12.7 Å². The van der Waals surface area contributed by atoms with E-state index in [1.807, 2.05) is 23.1 Å². The van der Waals surface area contributed by atoms with Gasteiger partial charge in [-0.05, 0) is 17.7 Å². The van der Waals surface area contributed by atoms with Crippen LogP contribution in [0.2, 0.25) is 0 Å². The van der Waals surface area contributed by atoms with Gasteiger partial charge in [0.05, 0.1) is 0 Å². The largest absolute Gasteiger partial charge is 0.433 e. The quantitative estimate of drug-likeness (QED) is 0.863. The zero-order valence-corrected chi connectivity index (χ0v) is 12.6. The van der Waals surface area contributed by atoms with Gasteiger partial charge in [0.1, 0.15) is 5.69 Å². The number of hydrogen-bond donors (Lipinski definition) is 0. The molecule has 0 bridgehead atoms. The summed E-state index contributed by atoms with van der Waals surface area (Å²) < 4.78 is 38.3. The average Bonchev–Trinajstić information content (AvgIpc) is 2.56. The van der Waals surface area contributed by atoms with Gasteiger partial charge in [0.2, 0.25) is 0 Å². The van der Waals surface area contributed by atoms with Gasteiger partial charge < -0.3 is 4.90 Å². The maximum Gasteiger partial charge on any atom is 0.433 e. The van der Waals surface area contributed by atoms with Crippen LogP contribution < -0.4 is 4.90 Å². The van der Waals surface area contributed by atoms with Gasteiger partial charge in [-0.3, -0.25) is 9.88 Å². The van der Waals surface area contributed by atoms with E-state index in [0.717, 1.165) is 25.7 Å². The number of benzene rings is 1. The Morgan fingerprint density at radius 1 is 0.957 bits per heavy atom. The third-order valence-corrected chi connectivity index (χ3v) is 4.02. The van der Waals surface area contributed by atoms with Crippen molar-refractivity contribution in [2.45, 2.75) is 12.7 Å². The standard InChI is InChI=1S/C17H18F3N3/c18-17(19,20)16-12-15(6-7-21-16)23-10-8-22(9-11-23)13-14-4-2-1-3-5-14/h1-7,12H,8-11,13H2. The van der Waals surface area contributed by atoms with Crippen LogP contribution in [0.4, 0.5) is 18.9 Å². The van der Waals surface area contributed by atoms with Crippen LogP contribution >= 0.6 is 0 Å². The van der Waals surface area contributed by atoms with Crippen molar-refractivity contribution in [3.8, 4) is 0 Å². The normalized spacial score (nSPS) is 16.6. The second kappa shape index (κ2) is 6.58. The van der Waals surface area contributed by atoms with E-state index >= 15 is 0 Å². The molecule has 1 aromatic heterocycles. The lowest BCUT2D eigenvalue weighted by Crippen LogP contribution is -2.46. The predicted octanol–water partition coefficient (Wildman–Crippen LogP) is 3.42. The highest BCUT2D eigenvalue weighted by Gasteiger charge is 2.33. The van der Waals surface area contributed by atoms with Crippen LogP contribution in [0.15, 0.2) is 48.7 Å². The molecule has 1 saturated heterocycles. The molecule has 0 spiro atoms. The summed E-state index contributed by atoms with van der Waals surface area (Å²) in [6.07, 6.45) is -3.17. The molecule has 0 radical (unpaired) electrons. The molecule has 0 atom stereocenters. The first kappa shape index (κ1) is 15.8. The molecule has 0 amide bonds. The Morgan fingerprint density at radius 3 is 2.30 bits per heavy atom. The second-order valence-corrected chi connectivity index (χ2v) is 5.65. The fourth-order valence-electron chi connectivity index (χ4n) is 2.78. The lowest BCUT2D eigenvalue weighted by Gasteiger charge is -2.36. The van der Waals surface area contributed by atoms with E-state index < -0.39 is 11.9 Å². The first-order valence-electron chi connectivity index (χ1n) is 7.57. The van der Waals surface area contributed by atoms with Crippen LogP contribution in [-0.4, -0.2) is 36.1 Å². The first-order valence-corrected chi connectivity index (χ1v) is 7.57. The molecule has 0 aliphatic carbocycles. The fraction of sp³-hybridized carbons (Fsp3) is 0.353. The Hall–Kier alpha value is -2.08. The Kier molecular flexibility index (Phi) is 4.52. The highest BCUT2D eigenvalue weighted by atomic mass is 19.4. The van der Waals surface area contributed by atoms with E-state index in [4.69, 9.17) is 0 Å². The van der Waals surface area contributed by atoms with Crippen molar-refractivity contribution in [3.05, 3.63) is 59.9 Å². The van der Waals surface area contributed by atoms with Gasteiger partial charge in [0.25, 0.3) is 0 Å². The third-order valence-electron chi connectivity index (χ3n) is 4.02. The van der Waals surface area contributed by atoms with Crippen LogP contribution in [0, 0.1) is 0 Å². The van der Waals surface area contributed by atoms with Crippen LogP contribution in [0.3, 0.4) is 0 Å². The van der Waals surface area contributed by atoms with Gasteiger partial charge in [-0.2, -0.15) is 13.2 Å². The summed E-state index contributed by atoms with van der Waals surface area (Å²) in [5.74, 6) is 0. The summed E-state index contributed by atoms with van der Waals surface area (Å²) in [5.41, 5.74) is 1.01. The predicted molar refractivity (Wildman–Crippen MR) is 83.2 cm³/mol. The molecule has 1 aromatic carbocycles. The molecule has 2 aromatic rings. The number of piperazine rings is 1. The molecule has 3 nitrogen and oxygen atoms in total. The summed E-state index contributed by atoms with van der Waals surface area (Å²) in [5, 5.41) is 0. The van der Waals surface area contributed by atoms with E-state index in [1.54, 1.807) is 6.07 Å². The van der Waals surface area contributed by atoms with Crippen LogP contribution in [0.5, 0.6) is 0 Å². The van der Waals surface area contributed by atoms with Crippen molar-refractivity contribution in [2.75, 3.05) is 31.1 Å². The van der Waals surface area contributed by atoms with Crippen molar-refractivity contribution < 1.29 is 13.2 Å². The summed E-state index contributed by atoms with van der Waals surface area (Å²) in [6, 6.07) is 13.0. The maximum atomic E-state index is 12.8. The molecule has 6 heteroatoms. The van der Waals surface area contributed by atoms with E-state index in [1.165, 1.54) is 11.8 Å². The highest BCUT2D eigenvalue weighted by molar-refractivity contribution is 5.47. The first-order chi connectivity index (χ1) is 11.0. The Labute approximate surface area is 133 Å². The molecular weight excluding hydrogens is 303 g/mol. The number of rotatable bonds is 3. The van der Waals surface area contributed by atoms with Crippen LogP contribution in [0.25, 0.3) is 0 Å². The maximum absolute atomic E-state index is 12.8. The topological polar surface area (TPSA) is 19.4 Å². The van der Waals surface area contributed by atoms with Crippen molar-refractivity contribution in [2.24, 2.45) is 0 Å². The lowest BCUT2D eigenvalue weighted by atomic mass is 10.2. The number of aromatic nitrogens is 1. The van der Waals surface area contributed by atoms with E-state index in [2.05, 4.69) is 22.0 Å². The van der Waals surface area contributed by atoms with Gasteiger partial charge >= 0.3 is 6.18 Å². The molecule has 23 heavy (non-hydrogen) atoms. The molecular formula is C17H18F3N3. The van der Waals surface area contributed by atoms with Gasteiger partial charge in [-0.1, -0.05) is 30.3 Å². The Bertz CT molecular complexity index is 635. The average molecular weight is 321 g/mol. The van der Waals surface area contributed by atoms with E-state index in [0.29, 0.717) is 18.8 Å². The summed E-state index contributed by atoms with van der Waals surface area (Å²) >= 11 is 0. The van der Waals surface area contributed by atoms with Gasteiger partial charge in [-0.15, -0.1) is 0 Å². The van der Waals surface area contributed by atoms with Crippen LogP contribution in [0.1, 0.15) is 11.3 Å². The molecule has 1 aliphatic rings. The lowest BCUT2D eigenvalue weighted by molar-refractivity contribution is -0.141. The number of hydrogen-bond acceptors (Lipinski definition) is 3. The fourth-order valence-corrected chi connectivity index (χ4v) is 2.78. The van der Waals surface area contributed by atoms with Gasteiger partial charge in [0.15, 0.2) is 0 Å². The smallest absolute Gasteiger partial charge is 0.369 e. The third kappa shape index (κ3) is 4.01. The Morgan fingerprint density at radius 2 is 1.65 bits per heavy atom. The highest BCUT2D eigenvalue weighted by Crippen LogP contribution is 2.30. The number of nitrogens with zero attached hydrogens (tertiary/aromatic N) is 3. The summed E-state index contributed by atoms with van der Waals surface area (Å²) in [6.45, 7) is 3.97. The van der Waals surface area contributed by atoms with Gasteiger partial charge in [0, 0.05) is 44.6 Å². The minimum absolute atomic E-state index is 0.590. The monoisotopic (exact) mass is 321 g/mol. The second-order valence-electron chi connectivity index (χ2n) is 5.65. The molecule has 0 unspecified atom stereocenters. The number of pyridine rings is 1. The molecule has 3 rings (SSSR count). The number of anilines is 1. The summed E-state index contributed by atoms with van der Waals surface area (Å²) in [4.78, 5) is 7.72. The molecule has 0 saturated carbocycles. The molecule has 1 aliphatic heterocycles. The number of halogens is 3. The molecule has 2 heterocycles. The zero-order valence-electron chi connectivity index (χ0n) is 12.6. The van der Waals surface area contributed by atoms with Gasteiger partial charge in [-0.25, -0.2) is 0 Å². The summed E-state index contributed by atoms with van der Waals surface area (Å²) in [7, 11) is 0. The Balaban J connectivity index is 1.61.